The maximum absolute atomic E-state index is 9.55. The quantitative estimate of drug-likeness (QED) is 0.881. The molecule has 0 saturated carbocycles. The van der Waals surface area contributed by atoms with E-state index in [1.54, 1.807) is 6.07 Å². The van der Waals surface area contributed by atoms with E-state index in [-0.39, 0.29) is 0 Å². The lowest BCUT2D eigenvalue weighted by Crippen LogP contribution is -2.05. The lowest BCUT2D eigenvalue weighted by atomic mass is 9.84. The summed E-state index contributed by atoms with van der Waals surface area (Å²) in [7, 11) is 0. The molecule has 0 unspecified atom stereocenters. The molecule has 0 radical (unpaired) electrons. The number of phenolic OH excluding ortho intramolecular Hbond substituents is 1. The van der Waals surface area contributed by atoms with Crippen molar-refractivity contribution in [3.05, 3.63) is 65.0 Å². The molecular weight excluding hydrogens is 234 g/mol. The molecule has 3 rings (SSSR count). The van der Waals surface area contributed by atoms with Gasteiger partial charge in [0, 0.05) is 12.4 Å². The smallest absolute Gasteiger partial charge is 0.115 e. The Morgan fingerprint density at radius 3 is 2.89 bits per heavy atom. The van der Waals surface area contributed by atoms with Crippen molar-refractivity contribution in [2.45, 2.75) is 26.2 Å². The molecule has 1 aliphatic rings. The van der Waals surface area contributed by atoms with Crippen LogP contribution in [0.4, 0.5) is 0 Å². The number of rotatable bonds is 2. The van der Waals surface area contributed by atoms with Crippen LogP contribution >= 0.6 is 0 Å². The molecule has 2 heteroatoms. The number of benzene rings is 1. The minimum absolute atomic E-state index is 0.363. The van der Waals surface area contributed by atoms with E-state index < -0.39 is 0 Å². The van der Waals surface area contributed by atoms with Crippen molar-refractivity contribution < 1.29 is 5.11 Å². The maximum Gasteiger partial charge on any atom is 0.115 e. The van der Waals surface area contributed by atoms with Crippen LogP contribution in [0.25, 0.3) is 5.57 Å². The Labute approximate surface area is 113 Å². The Balaban J connectivity index is 1.95. The first-order chi connectivity index (χ1) is 9.24. The lowest BCUT2D eigenvalue weighted by molar-refractivity contribution is 0.474. The predicted octanol–water partition coefficient (Wildman–Crippen LogP) is 3.75. The maximum atomic E-state index is 9.55. The number of phenols is 1. The number of aromatic hydroxyl groups is 1. The molecule has 0 spiro atoms. The average molecular weight is 251 g/mol. The summed E-state index contributed by atoms with van der Waals surface area (Å²) in [6, 6.07) is 9.80. The molecule has 19 heavy (non-hydrogen) atoms. The van der Waals surface area contributed by atoms with Crippen molar-refractivity contribution in [3.8, 4) is 5.75 Å². The van der Waals surface area contributed by atoms with Gasteiger partial charge in [0.25, 0.3) is 0 Å². The van der Waals surface area contributed by atoms with Crippen molar-refractivity contribution in [2.24, 2.45) is 0 Å². The van der Waals surface area contributed by atoms with Gasteiger partial charge in [0.2, 0.25) is 0 Å². The first-order valence-corrected chi connectivity index (χ1v) is 6.64. The van der Waals surface area contributed by atoms with Gasteiger partial charge < -0.3 is 5.11 Å². The van der Waals surface area contributed by atoms with Crippen molar-refractivity contribution >= 4 is 5.57 Å². The number of allylic oxidation sites excluding steroid dienone is 2. The van der Waals surface area contributed by atoms with Crippen molar-refractivity contribution in [1.29, 1.82) is 0 Å². The molecule has 0 atom stereocenters. The Kier molecular flexibility index (Phi) is 3.08. The third-order valence-corrected chi connectivity index (χ3v) is 3.86. The van der Waals surface area contributed by atoms with Gasteiger partial charge in [-0.2, -0.15) is 0 Å². The van der Waals surface area contributed by atoms with Gasteiger partial charge in [-0.3, -0.25) is 4.98 Å². The zero-order chi connectivity index (χ0) is 13.2. The van der Waals surface area contributed by atoms with E-state index in [2.05, 4.69) is 18.0 Å². The average Bonchev–Trinajstić information content (AvgIpc) is 2.43. The largest absolute Gasteiger partial charge is 0.508 e. The lowest BCUT2D eigenvalue weighted by Gasteiger charge is -2.21. The third-order valence-electron chi connectivity index (χ3n) is 3.86. The Morgan fingerprint density at radius 1 is 1.21 bits per heavy atom. The number of hydrogen-bond acceptors (Lipinski definition) is 2. The minimum Gasteiger partial charge on any atom is -0.508 e. The molecule has 2 aromatic rings. The van der Waals surface area contributed by atoms with Crippen molar-refractivity contribution in [1.82, 2.24) is 4.98 Å². The van der Waals surface area contributed by atoms with Crippen LogP contribution in [0.3, 0.4) is 0 Å². The van der Waals surface area contributed by atoms with Crippen LogP contribution in [-0.4, -0.2) is 10.1 Å². The summed E-state index contributed by atoms with van der Waals surface area (Å²) in [5.41, 5.74) is 6.63. The fraction of sp³-hybridized carbons (Fsp3) is 0.235. The van der Waals surface area contributed by atoms with E-state index in [9.17, 15) is 5.11 Å². The molecule has 1 N–H and O–H groups in total. The number of nitrogens with zero attached hydrogens (tertiary/aromatic N) is 1. The molecule has 0 aliphatic heterocycles. The summed E-state index contributed by atoms with van der Waals surface area (Å²) in [6.45, 7) is 2.18. The second-order valence-corrected chi connectivity index (χ2v) is 5.11. The number of aryl methyl sites for hydroxylation is 1. The van der Waals surface area contributed by atoms with Crippen molar-refractivity contribution in [3.63, 3.8) is 0 Å². The van der Waals surface area contributed by atoms with Crippen LogP contribution in [0.1, 0.15) is 30.0 Å². The molecule has 96 valence electrons. The summed E-state index contributed by atoms with van der Waals surface area (Å²) >= 11 is 0. The first-order valence-electron chi connectivity index (χ1n) is 6.64. The molecule has 0 saturated heterocycles. The van der Waals surface area contributed by atoms with Gasteiger partial charge in [0.05, 0.1) is 0 Å². The Morgan fingerprint density at radius 2 is 2.11 bits per heavy atom. The molecule has 2 nitrogen and oxygen atoms in total. The number of hydrogen-bond donors (Lipinski definition) is 1. The summed E-state index contributed by atoms with van der Waals surface area (Å²) in [5, 5.41) is 9.55. The van der Waals surface area contributed by atoms with Crippen LogP contribution in [0, 0.1) is 0 Å². The van der Waals surface area contributed by atoms with Crippen LogP contribution in [0.15, 0.2) is 48.3 Å². The molecule has 1 aliphatic carbocycles. The second-order valence-electron chi connectivity index (χ2n) is 5.11. The molecule has 1 aromatic heterocycles. The number of fused-ring (bicyclic) bond motifs is 1. The zero-order valence-corrected chi connectivity index (χ0v) is 11.1. The molecule has 1 aromatic carbocycles. The topological polar surface area (TPSA) is 33.1 Å². The van der Waals surface area contributed by atoms with E-state index in [0.717, 1.165) is 19.3 Å². The van der Waals surface area contributed by atoms with E-state index in [4.69, 9.17) is 0 Å². The van der Waals surface area contributed by atoms with Crippen LogP contribution < -0.4 is 0 Å². The highest BCUT2D eigenvalue weighted by Crippen LogP contribution is 2.34. The van der Waals surface area contributed by atoms with Gasteiger partial charge in [-0.25, -0.2) is 0 Å². The minimum atomic E-state index is 0.363. The molecule has 0 amide bonds. The van der Waals surface area contributed by atoms with Gasteiger partial charge in [-0.15, -0.1) is 0 Å². The van der Waals surface area contributed by atoms with E-state index in [0.29, 0.717) is 5.75 Å². The number of aromatic nitrogens is 1. The van der Waals surface area contributed by atoms with Crippen LogP contribution in [-0.2, 0) is 12.8 Å². The fourth-order valence-corrected chi connectivity index (χ4v) is 2.79. The van der Waals surface area contributed by atoms with E-state index in [1.165, 1.54) is 27.8 Å². The molecule has 0 bridgehead atoms. The summed E-state index contributed by atoms with van der Waals surface area (Å²) in [5.74, 6) is 0.363. The normalized spacial score (nSPS) is 14.4. The van der Waals surface area contributed by atoms with Gasteiger partial charge in [-0.1, -0.05) is 17.7 Å². The SMILES string of the molecule is CC1=C(Cc2cccnc2)CCc2cc(O)ccc21. The van der Waals surface area contributed by atoms with Gasteiger partial charge >= 0.3 is 0 Å². The monoisotopic (exact) mass is 251 g/mol. The highest BCUT2D eigenvalue weighted by atomic mass is 16.3. The van der Waals surface area contributed by atoms with Crippen molar-refractivity contribution in [2.75, 3.05) is 0 Å². The van der Waals surface area contributed by atoms with E-state index >= 15 is 0 Å². The van der Waals surface area contributed by atoms with Crippen LogP contribution in [0.2, 0.25) is 0 Å². The predicted molar refractivity (Wildman–Crippen MR) is 77.0 cm³/mol. The highest BCUT2D eigenvalue weighted by Gasteiger charge is 2.16. The second kappa shape index (κ2) is 4.88. The molecule has 1 heterocycles. The number of pyridine rings is 1. The third kappa shape index (κ3) is 2.39. The van der Waals surface area contributed by atoms with Gasteiger partial charge in [-0.05, 0) is 66.6 Å². The summed E-state index contributed by atoms with van der Waals surface area (Å²) < 4.78 is 0. The Hall–Kier alpha value is -2.09. The molecule has 0 fully saturated rings. The Bertz CT molecular complexity index is 629. The summed E-state index contributed by atoms with van der Waals surface area (Å²) in [6.07, 6.45) is 6.80. The van der Waals surface area contributed by atoms with Gasteiger partial charge in [0.15, 0.2) is 0 Å². The van der Waals surface area contributed by atoms with Gasteiger partial charge in [0.1, 0.15) is 5.75 Å². The standard InChI is InChI=1S/C17H17NO/c1-12-14(9-13-3-2-8-18-11-13)4-5-15-10-16(19)6-7-17(12)15/h2-3,6-8,10-11,19H,4-5,9H2,1H3. The summed E-state index contributed by atoms with van der Waals surface area (Å²) in [4.78, 5) is 4.18. The zero-order valence-electron chi connectivity index (χ0n) is 11.1. The van der Waals surface area contributed by atoms with E-state index in [1.807, 2.05) is 30.6 Å². The fourth-order valence-electron chi connectivity index (χ4n) is 2.79. The molecular formula is C17H17NO. The first kappa shape index (κ1) is 12.0. The van der Waals surface area contributed by atoms with Crippen LogP contribution in [0.5, 0.6) is 5.75 Å². The highest BCUT2D eigenvalue weighted by molar-refractivity contribution is 5.72.